The number of ether oxygens (including phenoxy) is 1. The van der Waals surface area contributed by atoms with Crippen molar-refractivity contribution in [1.82, 2.24) is 14.5 Å². The number of imidazole rings is 1. The Morgan fingerprint density at radius 1 is 1.43 bits per heavy atom. The maximum Gasteiger partial charge on any atom is 0.409 e. The lowest BCUT2D eigenvalue weighted by Crippen LogP contribution is -2.39. The standard InChI is InChI=1S/C15H26N4O2/c1-4-8-16-14-17-12(3)11-19(14)13-6-9-18(10-7-13)15(20)21-5-2/h11,13H,4-10H2,1-3H3,(H,16,17). The van der Waals surface area contributed by atoms with E-state index in [2.05, 4.69) is 28.0 Å². The van der Waals surface area contributed by atoms with E-state index in [-0.39, 0.29) is 6.09 Å². The molecule has 21 heavy (non-hydrogen) atoms. The van der Waals surface area contributed by atoms with Crippen molar-refractivity contribution >= 4 is 12.0 Å². The first-order valence-electron chi connectivity index (χ1n) is 7.86. The first kappa shape index (κ1) is 15.7. The quantitative estimate of drug-likeness (QED) is 0.907. The minimum atomic E-state index is -0.193. The smallest absolute Gasteiger partial charge is 0.409 e. The minimum Gasteiger partial charge on any atom is -0.450 e. The summed E-state index contributed by atoms with van der Waals surface area (Å²) in [5, 5.41) is 3.38. The third kappa shape index (κ3) is 3.89. The second-order valence-electron chi connectivity index (χ2n) is 5.46. The van der Waals surface area contributed by atoms with Crippen LogP contribution < -0.4 is 5.32 Å². The topological polar surface area (TPSA) is 59.4 Å². The molecule has 0 bridgehead atoms. The molecule has 2 heterocycles. The van der Waals surface area contributed by atoms with Crippen molar-refractivity contribution in [3.05, 3.63) is 11.9 Å². The van der Waals surface area contributed by atoms with Crippen molar-refractivity contribution in [3.63, 3.8) is 0 Å². The van der Waals surface area contributed by atoms with Gasteiger partial charge in [0.25, 0.3) is 0 Å². The number of aromatic nitrogens is 2. The van der Waals surface area contributed by atoms with Gasteiger partial charge >= 0.3 is 6.09 Å². The molecule has 6 nitrogen and oxygen atoms in total. The molecule has 1 aliphatic heterocycles. The molecule has 1 aromatic heterocycles. The number of amides is 1. The number of hydrogen-bond acceptors (Lipinski definition) is 4. The summed E-state index contributed by atoms with van der Waals surface area (Å²) in [6, 6.07) is 0.399. The number of piperidine rings is 1. The van der Waals surface area contributed by atoms with Crippen LogP contribution in [-0.2, 0) is 4.74 Å². The lowest BCUT2D eigenvalue weighted by Gasteiger charge is -2.32. The van der Waals surface area contributed by atoms with Gasteiger partial charge in [-0.3, -0.25) is 0 Å². The average Bonchev–Trinajstić information content (AvgIpc) is 2.86. The summed E-state index contributed by atoms with van der Waals surface area (Å²) < 4.78 is 7.29. The first-order chi connectivity index (χ1) is 10.2. The van der Waals surface area contributed by atoms with E-state index >= 15 is 0 Å². The number of nitrogens with one attached hydrogen (secondary N) is 1. The molecular weight excluding hydrogens is 268 g/mol. The molecular formula is C15H26N4O2. The van der Waals surface area contributed by atoms with E-state index in [0.29, 0.717) is 12.6 Å². The van der Waals surface area contributed by atoms with Crippen LogP contribution in [0.1, 0.15) is 44.8 Å². The number of nitrogens with zero attached hydrogens (tertiary/aromatic N) is 3. The number of carbonyl (C=O) groups is 1. The molecule has 0 spiro atoms. The summed E-state index contributed by atoms with van der Waals surface area (Å²) in [5.74, 6) is 0.948. The Morgan fingerprint density at radius 3 is 2.76 bits per heavy atom. The van der Waals surface area contributed by atoms with Gasteiger partial charge in [0.05, 0.1) is 12.3 Å². The Labute approximate surface area is 126 Å². The summed E-state index contributed by atoms with van der Waals surface area (Å²) in [4.78, 5) is 18.1. The highest BCUT2D eigenvalue weighted by Crippen LogP contribution is 2.26. The van der Waals surface area contributed by atoms with Crippen molar-refractivity contribution in [3.8, 4) is 0 Å². The molecule has 0 radical (unpaired) electrons. The van der Waals surface area contributed by atoms with Gasteiger partial charge in [-0.15, -0.1) is 0 Å². The van der Waals surface area contributed by atoms with Gasteiger partial charge in [0, 0.05) is 31.9 Å². The predicted octanol–water partition coefficient (Wildman–Crippen LogP) is 2.81. The first-order valence-corrected chi connectivity index (χ1v) is 7.86. The fourth-order valence-corrected chi connectivity index (χ4v) is 2.70. The third-order valence-electron chi connectivity index (χ3n) is 3.77. The summed E-state index contributed by atoms with van der Waals surface area (Å²) >= 11 is 0. The van der Waals surface area contributed by atoms with Crippen LogP contribution in [-0.4, -0.2) is 46.8 Å². The maximum atomic E-state index is 11.7. The van der Waals surface area contributed by atoms with Crippen molar-refractivity contribution in [2.45, 2.75) is 46.1 Å². The maximum absolute atomic E-state index is 11.7. The Kier molecular flexibility index (Phi) is 5.47. The third-order valence-corrected chi connectivity index (χ3v) is 3.77. The second-order valence-corrected chi connectivity index (χ2v) is 5.46. The van der Waals surface area contributed by atoms with Gasteiger partial charge in [0.15, 0.2) is 0 Å². The number of likely N-dealkylation sites (tertiary alicyclic amines) is 1. The van der Waals surface area contributed by atoms with Crippen molar-refractivity contribution in [2.75, 3.05) is 31.6 Å². The Bertz CT molecular complexity index is 464. The molecule has 1 aromatic rings. The molecule has 118 valence electrons. The summed E-state index contributed by atoms with van der Waals surface area (Å²) in [7, 11) is 0. The van der Waals surface area contributed by atoms with E-state index in [0.717, 1.165) is 50.5 Å². The monoisotopic (exact) mass is 294 g/mol. The van der Waals surface area contributed by atoms with Crippen molar-refractivity contribution in [2.24, 2.45) is 0 Å². The van der Waals surface area contributed by atoms with Gasteiger partial charge in [0.2, 0.25) is 5.95 Å². The molecule has 1 fully saturated rings. The molecule has 0 unspecified atom stereocenters. The highest BCUT2D eigenvalue weighted by atomic mass is 16.6. The van der Waals surface area contributed by atoms with E-state index in [9.17, 15) is 4.79 Å². The fourth-order valence-electron chi connectivity index (χ4n) is 2.70. The molecule has 0 aromatic carbocycles. The van der Waals surface area contributed by atoms with E-state index in [1.54, 1.807) is 4.90 Å². The van der Waals surface area contributed by atoms with Crippen LogP contribution in [0.2, 0.25) is 0 Å². The van der Waals surface area contributed by atoms with Crippen molar-refractivity contribution < 1.29 is 9.53 Å². The zero-order chi connectivity index (χ0) is 15.2. The number of carbonyl (C=O) groups excluding carboxylic acids is 1. The number of rotatable bonds is 5. The predicted molar refractivity (Wildman–Crippen MR) is 82.6 cm³/mol. The number of aryl methyl sites for hydroxylation is 1. The summed E-state index contributed by atoms with van der Waals surface area (Å²) in [6.07, 6.45) is 4.86. The number of anilines is 1. The molecule has 2 rings (SSSR count). The van der Waals surface area contributed by atoms with E-state index < -0.39 is 0 Å². The fraction of sp³-hybridized carbons (Fsp3) is 0.733. The van der Waals surface area contributed by atoms with Crippen molar-refractivity contribution in [1.29, 1.82) is 0 Å². The Hall–Kier alpha value is -1.72. The molecule has 1 N–H and O–H groups in total. The van der Waals surface area contributed by atoms with Crippen LogP contribution >= 0.6 is 0 Å². The van der Waals surface area contributed by atoms with Crippen LogP contribution in [0.25, 0.3) is 0 Å². The van der Waals surface area contributed by atoms with E-state index in [1.807, 2.05) is 13.8 Å². The molecule has 0 atom stereocenters. The van der Waals surface area contributed by atoms with Crippen LogP contribution in [0, 0.1) is 6.92 Å². The molecule has 1 aliphatic rings. The highest BCUT2D eigenvalue weighted by Gasteiger charge is 2.25. The largest absolute Gasteiger partial charge is 0.450 e. The van der Waals surface area contributed by atoms with Gasteiger partial charge in [-0.05, 0) is 33.1 Å². The minimum absolute atomic E-state index is 0.193. The Morgan fingerprint density at radius 2 is 2.14 bits per heavy atom. The van der Waals surface area contributed by atoms with Crippen LogP contribution in [0.15, 0.2) is 6.20 Å². The molecule has 6 heteroatoms. The van der Waals surface area contributed by atoms with Gasteiger partial charge in [-0.2, -0.15) is 0 Å². The van der Waals surface area contributed by atoms with E-state index in [1.165, 1.54) is 0 Å². The second kappa shape index (κ2) is 7.33. The average molecular weight is 294 g/mol. The summed E-state index contributed by atoms with van der Waals surface area (Å²) in [6.45, 7) is 8.85. The van der Waals surface area contributed by atoms with Gasteiger partial charge < -0.3 is 19.5 Å². The Balaban J connectivity index is 1.97. The SMILES string of the molecule is CCCNc1nc(C)cn1C1CCN(C(=O)OCC)CC1. The highest BCUT2D eigenvalue weighted by molar-refractivity contribution is 5.67. The number of hydrogen-bond donors (Lipinski definition) is 1. The van der Waals surface area contributed by atoms with Gasteiger partial charge in [0.1, 0.15) is 0 Å². The molecule has 1 saturated heterocycles. The lowest BCUT2D eigenvalue weighted by molar-refractivity contribution is 0.0928. The normalized spacial score (nSPS) is 16.0. The summed E-state index contributed by atoms with van der Waals surface area (Å²) in [5.41, 5.74) is 1.03. The van der Waals surface area contributed by atoms with Crippen LogP contribution in [0.3, 0.4) is 0 Å². The van der Waals surface area contributed by atoms with Crippen LogP contribution in [0.4, 0.5) is 10.7 Å². The zero-order valence-electron chi connectivity index (χ0n) is 13.3. The molecule has 0 saturated carbocycles. The van der Waals surface area contributed by atoms with Crippen LogP contribution in [0.5, 0.6) is 0 Å². The lowest BCUT2D eigenvalue weighted by atomic mass is 10.1. The van der Waals surface area contributed by atoms with Gasteiger partial charge in [-0.1, -0.05) is 6.92 Å². The molecule has 0 aliphatic carbocycles. The van der Waals surface area contributed by atoms with E-state index in [4.69, 9.17) is 4.74 Å². The van der Waals surface area contributed by atoms with Gasteiger partial charge in [-0.25, -0.2) is 9.78 Å². The molecule has 1 amide bonds. The zero-order valence-corrected chi connectivity index (χ0v) is 13.3.